The largest absolute Gasteiger partial charge is 0.624 e. The van der Waals surface area contributed by atoms with Crippen LogP contribution >= 0.6 is 0 Å². The molecule has 150 valence electrons. The first-order valence-electron chi connectivity index (χ1n) is 8.64. The molecule has 0 aliphatic heterocycles. The number of rotatable bonds is 6. The fourth-order valence-electron chi connectivity index (χ4n) is 3.65. The lowest BCUT2D eigenvalue weighted by Gasteiger charge is -2.12. The first-order chi connectivity index (χ1) is 13.9. The molecule has 0 saturated heterocycles. The van der Waals surface area contributed by atoms with E-state index in [0.29, 0.717) is 15.9 Å². The van der Waals surface area contributed by atoms with E-state index in [-0.39, 0.29) is 5.69 Å². The summed E-state index contributed by atoms with van der Waals surface area (Å²) in [5, 5.41) is 23.8. The Morgan fingerprint density at radius 2 is 1.52 bits per heavy atom. The molecule has 1 aliphatic rings. The number of ether oxygens (including phenoxy) is 2. The van der Waals surface area contributed by atoms with Crippen molar-refractivity contribution in [3.63, 3.8) is 0 Å². The van der Waals surface area contributed by atoms with Gasteiger partial charge in [-0.2, -0.15) is 0 Å². The van der Waals surface area contributed by atoms with E-state index in [9.17, 15) is 24.9 Å². The molecule has 0 radical (unpaired) electrons. The van der Waals surface area contributed by atoms with Gasteiger partial charge in [0, 0.05) is 17.7 Å². The fourth-order valence-corrected chi connectivity index (χ4v) is 3.65. The predicted octanol–water partition coefficient (Wildman–Crippen LogP) is 2.02. The topological polar surface area (TPSA) is 122 Å². The van der Waals surface area contributed by atoms with E-state index in [1.165, 1.54) is 30.5 Å². The lowest BCUT2D eigenvalue weighted by molar-refractivity contribution is -0.474. The second-order valence-electron chi connectivity index (χ2n) is 6.52. The van der Waals surface area contributed by atoms with Crippen LogP contribution in [0.4, 0.5) is 5.69 Å². The van der Waals surface area contributed by atoms with Crippen molar-refractivity contribution in [1.82, 2.24) is 0 Å². The average molecular weight is 398 g/mol. The van der Waals surface area contributed by atoms with Gasteiger partial charge in [-0.3, -0.25) is 19.7 Å². The molecule has 2 aromatic carbocycles. The Balaban J connectivity index is 2.09. The van der Waals surface area contributed by atoms with Crippen LogP contribution < -0.4 is 0 Å². The highest BCUT2D eigenvalue weighted by molar-refractivity contribution is 6.06. The number of hydrogen-bond acceptors (Lipinski definition) is 7. The third kappa shape index (κ3) is 3.31. The minimum Gasteiger partial charge on any atom is -0.624 e. The minimum atomic E-state index is -1.87. The maximum atomic E-state index is 12.9. The fraction of sp³-hybridized carbons (Fsp3) is 0.250. The average Bonchev–Trinajstić information content (AvgIpc) is 3.44. The molecule has 0 bridgehead atoms. The second-order valence-corrected chi connectivity index (χ2v) is 6.52. The molecule has 0 amide bonds. The summed E-state index contributed by atoms with van der Waals surface area (Å²) in [6, 6.07) is 12.9. The SMILES string of the molecule is COC(=O)C1(C(=O)OC)[C@H](c2ccc([N+](=O)[O-])cc2)[C@H]1/[N+]([O-])=C/c1ccccc1. The maximum absolute atomic E-state index is 12.9. The van der Waals surface area contributed by atoms with Crippen LogP contribution in [0.1, 0.15) is 17.0 Å². The number of nitro groups is 1. The Morgan fingerprint density at radius 1 is 0.966 bits per heavy atom. The molecule has 9 nitrogen and oxygen atoms in total. The number of nitro benzene ring substituents is 1. The van der Waals surface area contributed by atoms with Gasteiger partial charge in [-0.25, -0.2) is 4.74 Å². The van der Waals surface area contributed by atoms with Gasteiger partial charge in [0.25, 0.3) is 5.69 Å². The highest BCUT2D eigenvalue weighted by Crippen LogP contribution is 2.62. The number of nitrogens with zero attached hydrogens (tertiary/aromatic N) is 2. The van der Waals surface area contributed by atoms with Crippen molar-refractivity contribution in [3.05, 3.63) is 81.0 Å². The Morgan fingerprint density at radius 3 is 2.00 bits per heavy atom. The first kappa shape index (κ1) is 20.0. The molecule has 9 heteroatoms. The Labute approximate surface area is 165 Å². The van der Waals surface area contributed by atoms with E-state index in [2.05, 4.69) is 0 Å². The van der Waals surface area contributed by atoms with Gasteiger partial charge in [0.15, 0.2) is 12.3 Å². The van der Waals surface area contributed by atoms with Crippen molar-refractivity contribution in [1.29, 1.82) is 0 Å². The smallest absolute Gasteiger partial charge is 0.331 e. The summed E-state index contributed by atoms with van der Waals surface area (Å²) >= 11 is 0. The Hall–Kier alpha value is -3.75. The molecular formula is C20H18N2O7. The molecule has 29 heavy (non-hydrogen) atoms. The molecule has 0 N–H and O–H groups in total. The number of hydroxylamine groups is 1. The monoisotopic (exact) mass is 398 g/mol. The normalized spacial score (nSPS) is 19.9. The zero-order valence-corrected chi connectivity index (χ0v) is 15.7. The zero-order valence-electron chi connectivity index (χ0n) is 15.7. The number of esters is 2. The summed E-state index contributed by atoms with van der Waals surface area (Å²) in [6.45, 7) is 0. The summed E-state index contributed by atoms with van der Waals surface area (Å²) in [6.07, 6.45) is 1.27. The van der Waals surface area contributed by atoms with Crippen LogP contribution in [0.25, 0.3) is 0 Å². The predicted molar refractivity (Wildman–Crippen MR) is 101 cm³/mol. The summed E-state index contributed by atoms with van der Waals surface area (Å²) in [5.74, 6) is -2.69. The lowest BCUT2D eigenvalue weighted by atomic mass is 9.99. The molecule has 1 aliphatic carbocycles. The molecule has 0 aromatic heterocycles. The van der Waals surface area contributed by atoms with E-state index < -0.39 is 34.2 Å². The molecule has 2 atom stereocenters. The van der Waals surface area contributed by atoms with Gasteiger partial charge in [0.2, 0.25) is 5.41 Å². The Bertz CT molecular complexity index is 954. The highest BCUT2D eigenvalue weighted by Gasteiger charge is 2.83. The van der Waals surface area contributed by atoms with Crippen molar-refractivity contribution in [3.8, 4) is 0 Å². The van der Waals surface area contributed by atoms with E-state index in [4.69, 9.17) is 9.47 Å². The highest BCUT2D eigenvalue weighted by atomic mass is 16.6. The van der Waals surface area contributed by atoms with Crippen LogP contribution in [0.2, 0.25) is 0 Å². The quantitative estimate of drug-likeness (QED) is 0.139. The number of benzene rings is 2. The number of non-ortho nitro benzene ring substituents is 1. The van der Waals surface area contributed by atoms with Gasteiger partial charge in [-0.15, -0.1) is 0 Å². The lowest BCUT2D eigenvalue weighted by Crippen LogP contribution is -2.35. The zero-order chi connectivity index (χ0) is 21.2. The van der Waals surface area contributed by atoms with E-state index in [0.717, 1.165) is 14.2 Å². The molecule has 1 saturated carbocycles. The molecule has 1 fully saturated rings. The van der Waals surface area contributed by atoms with Crippen LogP contribution in [-0.2, 0) is 19.1 Å². The van der Waals surface area contributed by atoms with Crippen LogP contribution in [0.3, 0.4) is 0 Å². The minimum absolute atomic E-state index is 0.150. The van der Waals surface area contributed by atoms with Crippen molar-refractivity contribution >= 4 is 23.8 Å². The van der Waals surface area contributed by atoms with Crippen LogP contribution in [0.15, 0.2) is 54.6 Å². The third-order valence-corrected chi connectivity index (χ3v) is 5.02. The maximum Gasteiger partial charge on any atom is 0.331 e. The van der Waals surface area contributed by atoms with Gasteiger partial charge < -0.3 is 14.7 Å². The molecule has 3 rings (SSSR count). The van der Waals surface area contributed by atoms with Crippen LogP contribution in [0, 0.1) is 20.7 Å². The van der Waals surface area contributed by atoms with Gasteiger partial charge in [0.05, 0.1) is 25.1 Å². The molecule has 2 aromatic rings. The summed E-state index contributed by atoms with van der Waals surface area (Å²) in [7, 11) is 2.23. The number of hydrogen-bond donors (Lipinski definition) is 0. The number of carbonyl (C=O) groups excluding carboxylic acids is 2. The van der Waals surface area contributed by atoms with Crippen molar-refractivity contribution in [2.24, 2.45) is 5.41 Å². The van der Waals surface area contributed by atoms with Gasteiger partial charge in [0.1, 0.15) is 0 Å². The van der Waals surface area contributed by atoms with E-state index in [1.54, 1.807) is 30.3 Å². The van der Waals surface area contributed by atoms with Gasteiger partial charge >= 0.3 is 11.9 Å². The standard InChI is InChI=1S/C20H18N2O7/c1-28-18(23)20(19(24)29-2)16(14-8-10-15(11-9-14)22(26)27)17(20)21(25)12-13-6-4-3-5-7-13/h3-12,16-17H,1-2H3/b21-12-/t16-,17-/m1/s1. The third-order valence-electron chi connectivity index (χ3n) is 5.02. The van der Waals surface area contributed by atoms with Crippen LogP contribution in [-0.4, -0.2) is 48.1 Å². The first-order valence-corrected chi connectivity index (χ1v) is 8.64. The van der Waals surface area contributed by atoms with E-state index in [1.807, 2.05) is 0 Å². The van der Waals surface area contributed by atoms with Crippen LogP contribution in [0.5, 0.6) is 0 Å². The Kier molecular flexibility index (Phi) is 5.31. The van der Waals surface area contributed by atoms with Crippen molar-refractivity contribution < 1.29 is 28.7 Å². The second kappa shape index (κ2) is 7.70. The summed E-state index contributed by atoms with van der Waals surface area (Å²) < 4.78 is 10.2. The molecule has 0 unspecified atom stereocenters. The summed E-state index contributed by atoms with van der Waals surface area (Å²) in [5.41, 5.74) is -1.02. The number of methoxy groups -OCH3 is 2. The molecular weight excluding hydrogens is 380 g/mol. The van der Waals surface area contributed by atoms with E-state index >= 15 is 0 Å². The molecule has 0 spiro atoms. The molecule has 0 heterocycles. The van der Waals surface area contributed by atoms with Crippen molar-refractivity contribution in [2.75, 3.05) is 14.2 Å². The van der Waals surface area contributed by atoms with Gasteiger partial charge in [-0.1, -0.05) is 30.3 Å². The summed E-state index contributed by atoms with van der Waals surface area (Å²) in [4.78, 5) is 35.6. The number of carbonyl (C=O) groups is 2. The van der Waals surface area contributed by atoms with Crippen molar-refractivity contribution in [2.45, 2.75) is 12.0 Å². The van der Waals surface area contributed by atoms with Gasteiger partial charge in [-0.05, 0) is 17.7 Å².